The maximum Gasteiger partial charge on any atom is 0.109 e. The fourth-order valence-electron chi connectivity index (χ4n) is 1.52. The molecule has 1 heterocycles. The van der Waals surface area contributed by atoms with Crippen molar-refractivity contribution in [2.24, 2.45) is 5.73 Å². The molecule has 0 aliphatic rings. The average molecular weight is 215 g/mol. The van der Waals surface area contributed by atoms with Gasteiger partial charge in [-0.1, -0.05) is 12.1 Å². The Morgan fingerprint density at radius 2 is 2.14 bits per heavy atom. The molecule has 2 rings (SSSR count). The van der Waals surface area contributed by atoms with Gasteiger partial charge in [0.05, 0.1) is 6.04 Å². The number of H-pyrrole nitrogens is 1. The summed E-state index contributed by atoms with van der Waals surface area (Å²) in [5.41, 5.74) is 7.49. The van der Waals surface area contributed by atoms with Crippen LogP contribution < -0.4 is 5.73 Å². The average Bonchev–Trinajstić information content (AvgIpc) is 2.63. The van der Waals surface area contributed by atoms with Gasteiger partial charge in [-0.05, 0) is 17.7 Å². The molecule has 0 saturated carbocycles. The van der Waals surface area contributed by atoms with Crippen LogP contribution in [0.5, 0.6) is 0 Å². The first kappa shape index (κ1) is 11.0. The molecule has 0 aliphatic carbocycles. The molecule has 1 aromatic carbocycles. The molecule has 0 saturated heterocycles. The number of hydrogen-bond acceptors (Lipinski definition) is 1. The van der Waals surface area contributed by atoms with Crippen LogP contribution in [0, 0.1) is 0 Å². The van der Waals surface area contributed by atoms with Crippen molar-refractivity contribution in [3.05, 3.63) is 36.0 Å². The highest BCUT2D eigenvalue weighted by molar-refractivity contribution is 5.85. The summed E-state index contributed by atoms with van der Waals surface area (Å²) in [5, 5.41) is 1.01. The van der Waals surface area contributed by atoms with E-state index in [0.717, 1.165) is 16.5 Å². The number of nitrogens with two attached hydrogens (primary N) is 1. The Kier molecular flexibility index (Phi) is 3.49. The van der Waals surface area contributed by atoms with Gasteiger partial charge in [0.15, 0.2) is 0 Å². The van der Waals surface area contributed by atoms with Crippen LogP contribution in [0.2, 0.25) is 0 Å². The molecule has 76 valence electrons. The Labute approximate surface area is 87.7 Å². The zero-order chi connectivity index (χ0) is 9.26. The van der Waals surface area contributed by atoms with Crippen molar-refractivity contribution in [1.29, 1.82) is 0 Å². The van der Waals surface area contributed by atoms with Crippen LogP contribution in [0.4, 0.5) is 4.39 Å². The maximum atomic E-state index is 12.4. The number of alkyl halides is 1. The lowest BCUT2D eigenvalue weighted by Gasteiger charge is -2.08. The summed E-state index contributed by atoms with van der Waals surface area (Å²) in [5.74, 6) is 0. The molecule has 2 aromatic rings. The Bertz CT molecular complexity index is 413. The van der Waals surface area contributed by atoms with Crippen molar-refractivity contribution in [1.82, 2.24) is 4.98 Å². The molecule has 1 atom stereocenters. The highest BCUT2D eigenvalue weighted by Crippen LogP contribution is 2.22. The molecule has 3 N–H and O–H groups in total. The molecule has 0 fully saturated rings. The molecule has 4 heteroatoms. The molecular formula is C10H12ClFN2. The van der Waals surface area contributed by atoms with E-state index < -0.39 is 12.7 Å². The van der Waals surface area contributed by atoms with E-state index in [1.807, 2.05) is 30.5 Å². The van der Waals surface area contributed by atoms with Gasteiger partial charge in [-0.2, -0.15) is 0 Å². The minimum atomic E-state index is -0.524. The summed E-state index contributed by atoms with van der Waals surface area (Å²) in [6.45, 7) is -0.524. The lowest BCUT2D eigenvalue weighted by Crippen LogP contribution is -2.12. The molecule has 0 aliphatic heterocycles. The molecule has 0 unspecified atom stereocenters. The number of aromatic amines is 1. The fraction of sp³-hybridized carbons (Fsp3) is 0.200. The number of halogens is 2. The predicted molar refractivity (Wildman–Crippen MR) is 58.5 cm³/mol. The van der Waals surface area contributed by atoms with Gasteiger partial charge in [0.2, 0.25) is 0 Å². The van der Waals surface area contributed by atoms with Crippen molar-refractivity contribution in [2.75, 3.05) is 6.67 Å². The third-order valence-electron chi connectivity index (χ3n) is 2.19. The van der Waals surface area contributed by atoms with Crippen molar-refractivity contribution in [3.63, 3.8) is 0 Å². The minimum Gasteiger partial charge on any atom is -0.361 e. The van der Waals surface area contributed by atoms with Gasteiger partial charge < -0.3 is 10.7 Å². The molecule has 0 radical (unpaired) electrons. The first-order chi connectivity index (χ1) is 6.33. The molecule has 14 heavy (non-hydrogen) atoms. The van der Waals surface area contributed by atoms with E-state index in [1.54, 1.807) is 0 Å². The lowest BCUT2D eigenvalue weighted by atomic mass is 10.0. The summed E-state index contributed by atoms with van der Waals surface area (Å²) in [6.07, 6.45) is 1.83. The van der Waals surface area contributed by atoms with Gasteiger partial charge in [-0.3, -0.25) is 0 Å². The van der Waals surface area contributed by atoms with Crippen LogP contribution in [0.25, 0.3) is 10.9 Å². The summed E-state index contributed by atoms with van der Waals surface area (Å²) >= 11 is 0. The second-order valence-electron chi connectivity index (χ2n) is 3.05. The van der Waals surface area contributed by atoms with Gasteiger partial charge in [-0.15, -0.1) is 12.4 Å². The van der Waals surface area contributed by atoms with E-state index in [1.165, 1.54) is 0 Å². The number of aromatic nitrogens is 1. The molecule has 1 aromatic heterocycles. The minimum absolute atomic E-state index is 0. The van der Waals surface area contributed by atoms with E-state index in [0.29, 0.717) is 0 Å². The third kappa shape index (κ3) is 1.74. The molecule has 2 nitrogen and oxygen atoms in total. The Morgan fingerprint density at radius 3 is 2.86 bits per heavy atom. The van der Waals surface area contributed by atoms with Crippen LogP contribution >= 0.6 is 12.4 Å². The van der Waals surface area contributed by atoms with Gasteiger partial charge >= 0.3 is 0 Å². The van der Waals surface area contributed by atoms with Crippen LogP contribution in [-0.4, -0.2) is 11.7 Å². The monoisotopic (exact) mass is 214 g/mol. The van der Waals surface area contributed by atoms with Crippen molar-refractivity contribution >= 4 is 23.3 Å². The molecule has 0 amide bonds. The van der Waals surface area contributed by atoms with E-state index in [9.17, 15) is 4.39 Å². The maximum absolute atomic E-state index is 12.4. The number of benzene rings is 1. The van der Waals surface area contributed by atoms with Gasteiger partial charge in [0.25, 0.3) is 0 Å². The van der Waals surface area contributed by atoms with Gasteiger partial charge in [0.1, 0.15) is 6.67 Å². The van der Waals surface area contributed by atoms with E-state index in [4.69, 9.17) is 5.73 Å². The standard InChI is InChI=1S/C10H11FN2.ClH/c11-6-9(12)7-2-1-3-10-8(7)4-5-13-10;/h1-5,9,13H,6,12H2;1H/t9-;/m1./s1. The summed E-state index contributed by atoms with van der Waals surface area (Å²) < 4.78 is 12.4. The predicted octanol–water partition coefficient (Wildman–Crippen LogP) is 2.56. The zero-order valence-corrected chi connectivity index (χ0v) is 8.35. The van der Waals surface area contributed by atoms with Crippen LogP contribution in [-0.2, 0) is 0 Å². The first-order valence-electron chi connectivity index (χ1n) is 4.20. The highest BCUT2D eigenvalue weighted by atomic mass is 35.5. The second-order valence-corrected chi connectivity index (χ2v) is 3.05. The summed E-state index contributed by atoms with van der Waals surface area (Å²) in [6, 6.07) is 7.09. The largest absolute Gasteiger partial charge is 0.361 e. The van der Waals surface area contributed by atoms with E-state index in [2.05, 4.69) is 4.98 Å². The number of hydrogen-bond donors (Lipinski definition) is 2. The number of rotatable bonds is 2. The van der Waals surface area contributed by atoms with Crippen LogP contribution in [0.15, 0.2) is 30.5 Å². The fourth-order valence-corrected chi connectivity index (χ4v) is 1.52. The van der Waals surface area contributed by atoms with Crippen molar-refractivity contribution in [3.8, 4) is 0 Å². The Hall–Kier alpha value is -1.06. The number of nitrogens with one attached hydrogen (secondary N) is 1. The summed E-state index contributed by atoms with van der Waals surface area (Å²) in [4.78, 5) is 3.06. The van der Waals surface area contributed by atoms with Crippen molar-refractivity contribution in [2.45, 2.75) is 6.04 Å². The normalized spacial score (nSPS) is 12.4. The smallest absolute Gasteiger partial charge is 0.109 e. The summed E-state index contributed by atoms with van der Waals surface area (Å²) in [7, 11) is 0. The van der Waals surface area contributed by atoms with Gasteiger partial charge in [0, 0.05) is 17.1 Å². The first-order valence-corrected chi connectivity index (χ1v) is 4.20. The molecular weight excluding hydrogens is 203 g/mol. The van der Waals surface area contributed by atoms with Crippen molar-refractivity contribution < 1.29 is 4.39 Å². The Balaban J connectivity index is 0.000000980. The van der Waals surface area contributed by atoms with E-state index >= 15 is 0 Å². The Morgan fingerprint density at radius 1 is 1.36 bits per heavy atom. The van der Waals surface area contributed by atoms with Crippen LogP contribution in [0.3, 0.4) is 0 Å². The highest BCUT2D eigenvalue weighted by Gasteiger charge is 2.08. The SMILES string of the molecule is Cl.N[C@H](CF)c1cccc2[nH]ccc12. The zero-order valence-electron chi connectivity index (χ0n) is 7.53. The van der Waals surface area contributed by atoms with E-state index in [-0.39, 0.29) is 12.4 Å². The molecule has 0 bridgehead atoms. The second kappa shape index (κ2) is 4.44. The molecule has 0 spiro atoms. The quantitative estimate of drug-likeness (QED) is 0.793. The van der Waals surface area contributed by atoms with Crippen LogP contribution in [0.1, 0.15) is 11.6 Å². The van der Waals surface area contributed by atoms with Gasteiger partial charge in [-0.25, -0.2) is 4.39 Å². The third-order valence-corrected chi connectivity index (χ3v) is 2.19. The number of fused-ring (bicyclic) bond motifs is 1. The topological polar surface area (TPSA) is 41.8 Å². The lowest BCUT2D eigenvalue weighted by molar-refractivity contribution is 0.438.